The maximum atomic E-state index is 10.1. The smallest absolute Gasteiger partial charge is 0.328 e. The Balaban J connectivity index is 2.71. The molecule has 1 rings (SSSR count). The molecule has 0 radical (unpaired) electrons. The topological polar surface area (TPSA) is 50.4 Å². The van der Waals surface area contributed by atoms with Crippen molar-refractivity contribution in [1.29, 1.82) is 0 Å². The highest BCUT2D eigenvalue weighted by Gasteiger charge is 1.93. The van der Waals surface area contributed by atoms with E-state index in [1.54, 1.807) is 12.3 Å². The molecule has 1 aromatic heterocycles. The number of carboxylic acid groups (broad SMARTS) is 1. The first kappa shape index (κ1) is 7.60. The van der Waals surface area contributed by atoms with Crippen LogP contribution in [0.15, 0.2) is 22.8 Å². The molecule has 0 aliphatic heterocycles. The standard InChI is InChI=1S/C8H8O3/c1-6-4-7(11-5-6)2-3-8(9)10/h2-5H,1H3,(H,9,10). The van der Waals surface area contributed by atoms with Gasteiger partial charge in [-0.2, -0.15) is 0 Å². The zero-order chi connectivity index (χ0) is 8.27. The lowest BCUT2D eigenvalue weighted by atomic mass is 10.3. The number of rotatable bonds is 2. The van der Waals surface area contributed by atoms with Gasteiger partial charge < -0.3 is 9.52 Å². The normalized spacial score (nSPS) is 10.6. The zero-order valence-electron chi connectivity index (χ0n) is 6.07. The third-order valence-corrected chi connectivity index (χ3v) is 1.14. The van der Waals surface area contributed by atoms with Crippen LogP contribution in [-0.2, 0) is 4.79 Å². The Morgan fingerprint density at radius 3 is 2.91 bits per heavy atom. The van der Waals surface area contributed by atoms with Crippen LogP contribution < -0.4 is 0 Å². The monoisotopic (exact) mass is 152 g/mol. The summed E-state index contributed by atoms with van der Waals surface area (Å²) in [5.41, 5.74) is 0.982. The van der Waals surface area contributed by atoms with E-state index in [0.29, 0.717) is 5.76 Å². The SMILES string of the molecule is Cc1coc(C=CC(=O)O)c1. The average molecular weight is 152 g/mol. The molecule has 3 heteroatoms. The van der Waals surface area contributed by atoms with Crippen LogP contribution in [-0.4, -0.2) is 11.1 Å². The Morgan fingerprint density at radius 2 is 2.45 bits per heavy atom. The molecule has 0 aliphatic rings. The van der Waals surface area contributed by atoms with E-state index in [2.05, 4.69) is 0 Å². The highest BCUT2D eigenvalue weighted by Crippen LogP contribution is 2.07. The first-order chi connectivity index (χ1) is 5.18. The quantitative estimate of drug-likeness (QED) is 0.656. The fourth-order valence-corrected chi connectivity index (χ4v) is 0.694. The third kappa shape index (κ3) is 2.29. The van der Waals surface area contributed by atoms with E-state index in [-0.39, 0.29) is 0 Å². The van der Waals surface area contributed by atoms with Gasteiger partial charge in [0, 0.05) is 6.08 Å². The van der Waals surface area contributed by atoms with Crippen molar-refractivity contribution in [2.24, 2.45) is 0 Å². The average Bonchev–Trinajstić information content (AvgIpc) is 2.31. The number of carbonyl (C=O) groups is 1. The summed E-state index contributed by atoms with van der Waals surface area (Å²) in [4.78, 5) is 10.1. The van der Waals surface area contributed by atoms with Gasteiger partial charge in [0.25, 0.3) is 0 Å². The zero-order valence-corrected chi connectivity index (χ0v) is 6.07. The van der Waals surface area contributed by atoms with Gasteiger partial charge in [-0.3, -0.25) is 0 Å². The molecule has 0 amide bonds. The summed E-state index contributed by atoms with van der Waals surface area (Å²) < 4.78 is 4.96. The van der Waals surface area contributed by atoms with Gasteiger partial charge in [-0.25, -0.2) is 4.79 Å². The fourth-order valence-electron chi connectivity index (χ4n) is 0.694. The summed E-state index contributed by atoms with van der Waals surface area (Å²) in [6.45, 7) is 1.88. The number of carboxylic acids is 1. The van der Waals surface area contributed by atoms with E-state index in [4.69, 9.17) is 9.52 Å². The van der Waals surface area contributed by atoms with Crippen molar-refractivity contribution in [3.05, 3.63) is 29.7 Å². The van der Waals surface area contributed by atoms with Crippen molar-refractivity contribution in [1.82, 2.24) is 0 Å². The molecule has 0 saturated heterocycles. The van der Waals surface area contributed by atoms with Crippen molar-refractivity contribution in [3.8, 4) is 0 Å². The number of aliphatic carboxylic acids is 1. The molecule has 0 saturated carbocycles. The Morgan fingerprint density at radius 1 is 1.73 bits per heavy atom. The minimum Gasteiger partial charge on any atom is -0.478 e. The summed E-state index contributed by atoms with van der Waals surface area (Å²) in [5, 5.41) is 8.25. The second-order valence-corrected chi connectivity index (χ2v) is 2.20. The van der Waals surface area contributed by atoms with Crippen LogP contribution in [0.4, 0.5) is 0 Å². The van der Waals surface area contributed by atoms with E-state index >= 15 is 0 Å². The second-order valence-electron chi connectivity index (χ2n) is 2.20. The fraction of sp³-hybridized carbons (Fsp3) is 0.125. The lowest BCUT2D eigenvalue weighted by Crippen LogP contribution is -1.84. The van der Waals surface area contributed by atoms with Crippen LogP contribution in [0, 0.1) is 6.92 Å². The molecule has 11 heavy (non-hydrogen) atoms. The van der Waals surface area contributed by atoms with Gasteiger partial charge in [-0.05, 0) is 24.6 Å². The minimum atomic E-state index is -0.973. The molecule has 0 atom stereocenters. The number of furan rings is 1. The van der Waals surface area contributed by atoms with Crippen molar-refractivity contribution in [2.45, 2.75) is 6.92 Å². The van der Waals surface area contributed by atoms with Gasteiger partial charge in [0.1, 0.15) is 5.76 Å². The van der Waals surface area contributed by atoms with E-state index < -0.39 is 5.97 Å². The van der Waals surface area contributed by atoms with Crippen molar-refractivity contribution >= 4 is 12.0 Å². The largest absolute Gasteiger partial charge is 0.478 e. The molecule has 58 valence electrons. The molecule has 1 aromatic rings. The van der Waals surface area contributed by atoms with Crippen molar-refractivity contribution < 1.29 is 14.3 Å². The first-order valence-electron chi connectivity index (χ1n) is 3.14. The van der Waals surface area contributed by atoms with Crippen LogP contribution in [0.1, 0.15) is 11.3 Å². The predicted molar refractivity (Wildman–Crippen MR) is 40.1 cm³/mol. The predicted octanol–water partition coefficient (Wildman–Crippen LogP) is 1.69. The summed E-state index contributed by atoms with van der Waals surface area (Å²) in [7, 11) is 0. The summed E-state index contributed by atoms with van der Waals surface area (Å²) in [6, 6.07) is 1.76. The molecule has 0 bridgehead atoms. The molecule has 0 aliphatic carbocycles. The van der Waals surface area contributed by atoms with E-state index in [9.17, 15) is 4.79 Å². The lowest BCUT2D eigenvalue weighted by molar-refractivity contribution is -0.131. The van der Waals surface area contributed by atoms with Gasteiger partial charge in [0.05, 0.1) is 6.26 Å². The summed E-state index contributed by atoms with van der Waals surface area (Å²) >= 11 is 0. The maximum absolute atomic E-state index is 10.1. The van der Waals surface area contributed by atoms with E-state index in [1.807, 2.05) is 6.92 Å². The molecular formula is C8H8O3. The third-order valence-electron chi connectivity index (χ3n) is 1.14. The van der Waals surface area contributed by atoms with E-state index in [0.717, 1.165) is 11.6 Å². The highest BCUT2D eigenvalue weighted by molar-refractivity contribution is 5.84. The number of hydrogen-bond donors (Lipinski definition) is 1. The van der Waals surface area contributed by atoms with Gasteiger partial charge in [0.15, 0.2) is 0 Å². The lowest BCUT2D eigenvalue weighted by Gasteiger charge is -1.79. The molecule has 0 fully saturated rings. The molecule has 0 aromatic carbocycles. The van der Waals surface area contributed by atoms with Gasteiger partial charge in [-0.1, -0.05) is 0 Å². The molecule has 3 nitrogen and oxygen atoms in total. The summed E-state index contributed by atoms with van der Waals surface area (Å²) in [6.07, 6.45) is 4.02. The Bertz CT molecular complexity index is 283. The van der Waals surface area contributed by atoms with Crippen LogP contribution >= 0.6 is 0 Å². The van der Waals surface area contributed by atoms with Gasteiger partial charge in [0.2, 0.25) is 0 Å². The molecule has 1 N–H and O–H groups in total. The molecule has 0 unspecified atom stereocenters. The molecule has 1 heterocycles. The molecular weight excluding hydrogens is 144 g/mol. The maximum Gasteiger partial charge on any atom is 0.328 e. The van der Waals surface area contributed by atoms with Gasteiger partial charge >= 0.3 is 5.97 Å². The molecule has 0 spiro atoms. The van der Waals surface area contributed by atoms with Crippen LogP contribution in [0.3, 0.4) is 0 Å². The van der Waals surface area contributed by atoms with Crippen LogP contribution in [0.2, 0.25) is 0 Å². The second kappa shape index (κ2) is 3.05. The van der Waals surface area contributed by atoms with Crippen molar-refractivity contribution in [3.63, 3.8) is 0 Å². The number of hydrogen-bond acceptors (Lipinski definition) is 2. The minimum absolute atomic E-state index is 0.560. The Kier molecular flexibility index (Phi) is 2.11. The highest BCUT2D eigenvalue weighted by atomic mass is 16.4. The number of aryl methyl sites for hydroxylation is 1. The Hall–Kier alpha value is -1.51. The van der Waals surface area contributed by atoms with Crippen LogP contribution in [0.25, 0.3) is 6.08 Å². The van der Waals surface area contributed by atoms with Crippen molar-refractivity contribution in [2.75, 3.05) is 0 Å². The first-order valence-corrected chi connectivity index (χ1v) is 3.14. The Labute approximate surface area is 64.0 Å². The van der Waals surface area contributed by atoms with Crippen LogP contribution in [0.5, 0.6) is 0 Å². The van der Waals surface area contributed by atoms with E-state index in [1.165, 1.54) is 6.08 Å². The van der Waals surface area contributed by atoms with Gasteiger partial charge in [-0.15, -0.1) is 0 Å². The summed E-state index contributed by atoms with van der Waals surface area (Å²) in [5.74, 6) is -0.413.